The minimum atomic E-state index is 0.116. The van der Waals surface area contributed by atoms with E-state index in [1.807, 2.05) is 17.8 Å². The highest BCUT2D eigenvalue weighted by Gasteiger charge is 2.11. The van der Waals surface area contributed by atoms with Crippen LogP contribution in [0, 0.1) is 0 Å². The first-order chi connectivity index (χ1) is 9.85. The van der Waals surface area contributed by atoms with E-state index in [0.717, 1.165) is 24.5 Å². The quantitative estimate of drug-likeness (QED) is 0.770. The number of aliphatic hydroxyl groups excluding tert-OH is 1. The van der Waals surface area contributed by atoms with Crippen molar-refractivity contribution >= 4 is 11.8 Å². The minimum Gasteiger partial charge on any atom is -0.496 e. The van der Waals surface area contributed by atoms with E-state index < -0.39 is 0 Å². The Labute approximate surface area is 133 Å². The van der Waals surface area contributed by atoms with Gasteiger partial charge < -0.3 is 15.2 Å². The predicted molar refractivity (Wildman–Crippen MR) is 92.0 cm³/mol. The average Bonchev–Trinajstić information content (AvgIpc) is 2.42. The third-order valence-corrected chi connectivity index (χ3v) is 4.51. The number of benzene rings is 1. The summed E-state index contributed by atoms with van der Waals surface area (Å²) < 4.78 is 5.45. The van der Waals surface area contributed by atoms with Crippen molar-refractivity contribution in [1.82, 2.24) is 5.32 Å². The van der Waals surface area contributed by atoms with Crippen LogP contribution in [0.2, 0.25) is 0 Å². The molecule has 0 radical (unpaired) electrons. The summed E-state index contributed by atoms with van der Waals surface area (Å²) in [6.07, 6.45) is 0.832. The van der Waals surface area contributed by atoms with Gasteiger partial charge in [0.15, 0.2) is 0 Å². The zero-order valence-electron chi connectivity index (χ0n) is 13.9. The molecule has 1 atom stereocenters. The van der Waals surface area contributed by atoms with E-state index in [2.05, 4.69) is 45.1 Å². The van der Waals surface area contributed by atoms with Crippen LogP contribution in [0.4, 0.5) is 0 Å². The summed E-state index contributed by atoms with van der Waals surface area (Å²) in [7, 11) is 1.72. The molecular formula is C17H29NO2S. The summed E-state index contributed by atoms with van der Waals surface area (Å²) in [5.74, 6) is 1.85. The van der Waals surface area contributed by atoms with Crippen LogP contribution in [0.5, 0.6) is 5.75 Å². The standard InChI is InChI=1S/C17H29NO2S/c1-13(8-9-19)21-12-15-10-14(6-7-16(15)20-5)11-18-17(2,3)4/h6-7,10,13,18-19H,8-9,11-12H2,1-5H3. The van der Waals surface area contributed by atoms with Crippen molar-refractivity contribution in [3.8, 4) is 5.75 Å². The number of methoxy groups -OCH3 is 1. The van der Waals surface area contributed by atoms with Crippen LogP contribution >= 0.6 is 11.8 Å². The molecule has 0 saturated heterocycles. The highest BCUT2D eigenvalue weighted by Crippen LogP contribution is 2.27. The van der Waals surface area contributed by atoms with Crippen molar-refractivity contribution in [1.29, 1.82) is 0 Å². The minimum absolute atomic E-state index is 0.116. The first-order valence-corrected chi connectivity index (χ1v) is 8.54. The van der Waals surface area contributed by atoms with E-state index in [1.165, 1.54) is 11.1 Å². The van der Waals surface area contributed by atoms with E-state index in [0.29, 0.717) is 5.25 Å². The molecule has 0 aliphatic carbocycles. The Kier molecular flexibility index (Phi) is 7.57. The molecule has 4 heteroatoms. The van der Waals surface area contributed by atoms with Crippen LogP contribution in [0.25, 0.3) is 0 Å². The predicted octanol–water partition coefficient (Wildman–Crippen LogP) is 3.59. The van der Waals surface area contributed by atoms with E-state index in [-0.39, 0.29) is 12.1 Å². The Morgan fingerprint density at radius 1 is 1.33 bits per heavy atom. The monoisotopic (exact) mass is 311 g/mol. The number of aliphatic hydroxyl groups is 1. The maximum Gasteiger partial charge on any atom is 0.122 e. The molecule has 3 nitrogen and oxygen atoms in total. The molecule has 0 fully saturated rings. The lowest BCUT2D eigenvalue weighted by atomic mass is 10.1. The lowest BCUT2D eigenvalue weighted by molar-refractivity contribution is 0.289. The van der Waals surface area contributed by atoms with Gasteiger partial charge in [0.1, 0.15) is 5.75 Å². The molecule has 0 aliphatic heterocycles. The number of ether oxygens (including phenoxy) is 1. The van der Waals surface area contributed by atoms with E-state index >= 15 is 0 Å². The van der Waals surface area contributed by atoms with Crippen LogP contribution in [-0.2, 0) is 12.3 Å². The van der Waals surface area contributed by atoms with Gasteiger partial charge in [-0.05, 0) is 44.9 Å². The summed E-state index contributed by atoms with van der Waals surface area (Å²) in [6.45, 7) is 9.77. The number of hydrogen-bond acceptors (Lipinski definition) is 4. The largest absolute Gasteiger partial charge is 0.496 e. The fourth-order valence-corrected chi connectivity index (χ4v) is 2.88. The molecule has 2 N–H and O–H groups in total. The molecule has 0 aromatic heterocycles. The van der Waals surface area contributed by atoms with Crippen LogP contribution in [0.3, 0.4) is 0 Å². The molecule has 0 spiro atoms. The van der Waals surface area contributed by atoms with Gasteiger partial charge in [0.25, 0.3) is 0 Å². The lowest BCUT2D eigenvalue weighted by Gasteiger charge is -2.21. The highest BCUT2D eigenvalue weighted by molar-refractivity contribution is 7.99. The Morgan fingerprint density at radius 2 is 2.05 bits per heavy atom. The second-order valence-corrected chi connectivity index (χ2v) is 7.81. The molecule has 0 aliphatic rings. The fourth-order valence-electron chi connectivity index (χ4n) is 1.92. The van der Waals surface area contributed by atoms with Gasteiger partial charge in [-0.2, -0.15) is 11.8 Å². The smallest absolute Gasteiger partial charge is 0.122 e. The molecule has 1 aromatic carbocycles. The maximum atomic E-state index is 8.98. The van der Waals surface area contributed by atoms with Gasteiger partial charge in [-0.1, -0.05) is 13.0 Å². The van der Waals surface area contributed by atoms with Crippen molar-refractivity contribution in [3.63, 3.8) is 0 Å². The summed E-state index contributed by atoms with van der Waals surface area (Å²) in [5, 5.41) is 12.9. The van der Waals surface area contributed by atoms with Gasteiger partial charge in [0.05, 0.1) is 7.11 Å². The van der Waals surface area contributed by atoms with E-state index in [9.17, 15) is 0 Å². The molecule has 0 heterocycles. The van der Waals surface area contributed by atoms with Gasteiger partial charge in [0.2, 0.25) is 0 Å². The van der Waals surface area contributed by atoms with Crippen molar-refractivity contribution in [2.24, 2.45) is 0 Å². The van der Waals surface area contributed by atoms with Crippen molar-refractivity contribution in [2.75, 3.05) is 13.7 Å². The van der Waals surface area contributed by atoms with E-state index in [1.54, 1.807) is 7.11 Å². The van der Waals surface area contributed by atoms with Crippen molar-refractivity contribution in [2.45, 2.75) is 57.2 Å². The third kappa shape index (κ3) is 7.21. The SMILES string of the molecule is COc1ccc(CNC(C)(C)C)cc1CSC(C)CCO. The van der Waals surface area contributed by atoms with Gasteiger partial charge in [-0.3, -0.25) is 0 Å². The van der Waals surface area contributed by atoms with Crippen molar-refractivity contribution in [3.05, 3.63) is 29.3 Å². The molecule has 1 rings (SSSR count). The van der Waals surface area contributed by atoms with Crippen LogP contribution < -0.4 is 10.1 Å². The second-order valence-electron chi connectivity index (χ2n) is 6.38. The zero-order chi connectivity index (χ0) is 15.9. The Morgan fingerprint density at radius 3 is 2.62 bits per heavy atom. The Hall–Kier alpha value is -0.710. The normalized spacial score (nSPS) is 13.2. The molecule has 21 heavy (non-hydrogen) atoms. The molecule has 1 unspecified atom stereocenters. The summed E-state index contributed by atoms with van der Waals surface area (Å²) >= 11 is 1.86. The molecule has 0 bridgehead atoms. The third-order valence-electron chi connectivity index (χ3n) is 3.23. The second kappa shape index (κ2) is 8.66. The van der Waals surface area contributed by atoms with Crippen molar-refractivity contribution < 1.29 is 9.84 Å². The van der Waals surface area contributed by atoms with Gasteiger partial charge >= 0.3 is 0 Å². The number of thioether (sulfide) groups is 1. The van der Waals surface area contributed by atoms with Crippen LogP contribution in [0.15, 0.2) is 18.2 Å². The van der Waals surface area contributed by atoms with E-state index in [4.69, 9.17) is 9.84 Å². The molecule has 120 valence electrons. The van der Waals surface area contributed by atoms with Gasteiger partial charge in [-0.15, -0.1) is 0 Å². The molecule has 1 aromatic rings. The molecule has 0 amide bonds. The van der Waals surface area contributed by atoms with Crippen LogP contribution in [0.1, 0.15) is 45.2 Å². The first kappa shape index (κ1) is 18.3. The summed E-state index contributed by atoms with van der Waals surface area (Å²) in [5.41, 5.74) is 2.61. The van der Waals surface area contributed by atoms with Crippen LogP contribution in [-0.4, -0.2) is 29.6 Å². The highest BCUT2D eigenvalue weighted by atomic mass is 32.2. The Bertz CT molecular complexity index is 429. The maximum absolute atomic E-state index is 8.98. The summed E-state index contributed by atoms with van der Waals surface area (Å²) in [6, 6.07) is 6.38. The number of hydrogen-bond donors (Lipinski definition) is 2. The Balaban J connectivity index is 2.71. The molecular weight excluding hydrogens is 282 g/mol. The lowest BCUT2D eigenvalue weighted by Crippen LogP contribution is -2.35. The molecule has 0 saturated carbocycles. The fraction of sp³-hybridized carbons (Fsp3) is 0.647. The first-order valence-electron chi connectivity index (χ1n) is 7.49. The number of rotatable bonds is 8. The topological polar surface area (TPSA) is 41.5 Å². The van der Waals surface area contributed by atoms with Gasteiger partial charge in [-0.25, -0.2) is 0 Å². The zero-order valence-corrected chi connectivity index (χ0v) is 14.7. The van der Waals surface area contributed by atoms with Gasteiger partial charge in [0, 0.05) is 35.3 Å². The summed E-state index contributed by atoms with van der Waals surface area (Å²) in [4.78, 5) is 0. The number of nitrogens with one attached hydrogen (secondary N) is 1. The average molecular weight is 311 g/mol.